The van der Waals surface area contributed by atoms with Crippen LogP contribution in [0.15, 0.2) is 30.5 Å². The van der Waals surface area contributed by atoms with Crippen molar-refractivity contribution in [3.63, 3.8) is 0 Å². The van der Waals surface area contributed by atoms with E-state index in [9.17, 15) is 9.59 Å². The Bertz CT molecular complexity index is 648. The standard InChI is InChI=1S/C16H20N2O3/c1-4-21-16(20)15(18-11(3)19)10(2)13-9-17-14-8-6-5-7-12(13)14/h5-10,15,17H,4H2,1-3H3,(H,18,19). The molecule has 1 aromatic heterocycles. The number of hydrogen-bond acceptors (Lipinski definition) is 3. The summed E-state index contributed by atoms with van der Waals surface area (Å²) < 4.78 is 5.07. The molecule has 5 heteroatoms. The lowest BCUT2D eigenvalue weighted by atomic mass is 9.93. The number of carbonyl (C=O) groups is 2. The van der Waals surface area contributed by atoms with Gasteiger partial charge >= 0.3 is 5.97 Å². The second-order valence-electron chi connectivity index (χ2n) is 5.01. The van der Waals surface area contributed by atoms with E-state index in [1.54, 1.807) is 6.92 Å². The molecule has 2 rings (SSSR count). The summed E-state index contributed by atoms with van der Waals surface area (Å²) in [4.78, 5) is 26.7. The fourth-order valence-corrected chi connectivity index (χ4v) is 2.49. The van der Waals surface area contributed by atoms with Gasteiger partial charge in [0.1, 0.15) is 6.04 Å². The molecule has 0 fully saturated rings. The number of rotatable bonds is 5. The average molecular weight is 288 g/mol. The van der Waals surface area contributed by atoms with E-state index < -0.39 is 12.0 Å². The Morgan fingerprint density at radius 3 is 2.71 bits per heavy atom. The monoisotopic (exact) mass is 288 g/mol. The number of fused-ring (bicyclic) bond motifs is 1. The topological polar surface area (TPSA) is 71.2 Å². The number of nitrogens with one attached hydrogen (secondary N) is 2. The van der Waals surface area contributed by atoms with E-state index in [4.69, 9.17) is 4.74 Å². The number of benzene rings is 1. The highest BCUT2D eigenvalue weighted by Crippen LogP contribution is 2.28. The van der Waals surface area contributed by atoms with Crippen LogP contribution in [0.2, 0.25) is 0 Å². The molecule has 0 saturated heterocycles. The van der Waals surface area contributed by atoms with Gasteiger partial charge in [0.2, 0.25) is 5.91 Å². The summed E-state index contributed by atoms with van der Waals surface area (Å²) in [5.41, 5.74) is 1.99. The number of aromatic amines is 1. The molecule has 112 valence electrons. The Morgan fingerprint density at radius 1 is 1.33 bits per heavy atom. The molecule has 0 aliphatic heterocycles. The molecule has 5 nitrogen and oxygen atoms in total. The SMILES string of the molecule is CCOC(=O)C(NC(C)=O)C(C)c1c[nH]c2ccccc12. The minimum absolute atomic E-state index is 0.191. The number of esters is 1. The molecular weight excluding hydrogens is 268 g/mol. The third-order valence-electron chi connectivity index (χ3n) is 3.51. The van der Waals surface area contributed by atoms with Crippen LogP contribution in [-0.2, 0) is 14.3 Å². The number of carbonyl (C=O) groups excluding carboxylic acids is 2. The first-order chi connectivity index (χ1) is 10.0. The highest BCUT2D eigenvalue weighted by atomic mass is 16.5. The summed E-state index contributed by atoms with van der Waals surface area (Å²) in [5.74, 6) is -0.852. The lowest BCUT2D eigenvalue weighted by molar-refractivity contribution is -0.147. The van der Waals surface area contributed by atoms with Crippen LogP contribution >= 0.6 is 0 Å². The van der Waals surface area contributed by atoms with Gasteiger partial charge in [-0.25, -0.2) is 4.79 Å². The van der Waals surface area contributed by atoms with Crippen LogP contribution < -0.4 is 5.32 Å². The molecule has 1 amide bonds. The molecule has 1 aromatic carbocycles. The second-order valence-corrected chi connectivity index (χ2v) is 5.01. The number of H-pyrrole nitrogens is 1. The number of amides is 1. The van der Waals surface area contributed by atoms with Crippen molar-refractivity contribution in [1.29, 1.82) is 0 Å². The van der Waals surface area contributed by atoms with Gasteiger partial charge < -0.3 is 15.0 Å². The van der Waals surface area contributed by atoms with Gasteiger partial charge in [-0.05, 0) is 18.6 Å². The van der Waals surface area contributed by atoms with Crippen LogP contribution in [0.5, 0.6) is 0 Å². The fraction of sp³-hybridized carbons (Fsp3) is 0.375. The van der Waals surface area contributed by atoms with Crippen LogP contribution in [0, 0.1) is 0 Å². The Labute approximate surface area is 123 Å². The van der Waals surface area contributed by atoms with Crippen LogP contribution in [0.4, 0.5) is 0 Å². The van der Waals surface area contributed by atoms with Crippen LogP contribution in [0.1, 0.15) is 32.3 Å². The van der Waals surface area contributed by atoms with Gasteiger partial charge in [0.05, 0.1) is 6.61 Å². The third-order valence-corrected chi connectivity index (χ3v) is 3.51. The first kappa shape index (κ1) is 15.1. The molecule has 1 heterocycles. The summed E-state index contributed by atoms with van der Waals surface area (Å²) in [6, 6.07) is 7.17. The molecule has 0 radical (unpaired) electrons. The van der Waals surface area contributed by atoms with E-state index in [1.165, 1.54) is 6.92 Å². The third kappa shape index (κ3) is 3.24. The Balaban J connectivity index is 2.34. The van der Waals surface area contributed by atoms with Crippen LogP contribution in [0.25, 0.3) is 10.9 Å². The summed E-state index contributed by atoms with van der Waals surface area (Å²) in [7, 11) is 0. The minimum Gasteiger partial charge on any atom is -0.464 e. The molecule has 0 spiro atoms. The van der Waals surface area contributed by atoms with Gasteiger partial charge in [0.15, 0.2) is 0 Å². The first-order valence-corrected chi connectivity index (χ1v) is 7.04. The highest BCUT2D eigenvalue weighted by Gasteiger charge is 2.29. The zero-order valence-electron chi connectivity index (χ0n) is 12.5. The summed E-state index contributed by atoms with van der Waals surface area (Å²) in [5, 5.41) is 3.74. The predicted molar refractivity (Wildman–Crippen MR) is 81.0 cm³/mol. The molecule has 21 heavy (non-hydrogen) atoms. The number of para-hydroxylation sites is 1. The molecule has 0 saturated carbocycles. The maximum absolute atomic E-state index is 12.1. The van der Waals surface area contributed by atoms with E-state index in [0.29, 0.717) is 0 Å². The normalized spacial score (nSPS) is 13.7. The van der Waals surface area contributed by atoms with E-state index in [0.717, 1.165) is 16.5 Å². The van der Waals surface area contributed by atoms with E-state index in [2.05, 4.69) is 10.3 Å². The maximum atomic E-state index is 12.1. The van der Waals surface area contributed by atoms with Crippen molar-refractivity contribution in [3.8, 4) is 0 Å². The number of ether oxygens (including phenoxy) is 1. The van der Waals surface area contributed by atoms with Crippen molar-refractivity contribution in [2.75, 3.05) is 6.61 Å². The maximum Gasteiger partial charge on any atom is 0.329 e. The van der Waals surface area contributed by atoms with Gasteiger partial charge in [-0.1, -0.05) is 25.1 Å². The molecule has 2 atom stereocenters. The van der Waals surface area contributed by atoms with E-state index in [1.807, 2.05) is 37.4 Å². The van der Waals surface area contributed by atoms with Crippen molar-refractivity contribution < 1.29 is 14.3 Å². The molecule has 2 unspecified atom stereocenters. The van der Waals surface area contributed by atoms with Crippen molar-refractivity contribution in [1.82, 2.24) is 10.3 Å². The van der Waals surface area contributed by atoms with Gasteiger partial charge in [-0.15, -0.1) is 0 Å². The van der Waals surface area contributed by atoms with E-state index >= 15 is 0 Å². The predicted octanol–water partition coefficient (Wildman–Crippen LogP) is 2.34. The summed E-state index contributed by atoms with van der Waals surface area (Å²) in [6.07, 6.45) is 1.88. The Morgan fingerprint density at radius 2 is 2.05 bits per heavy atom. The number of aromatic nitrogens is 1. The highest BCUT2D eigenvalue weighted by molar-refractivity contribution is 5.87. The van der Waals surface area contributed by atoms with Crippen molar-refractivity contribution >= 4 is 22.8 Å². The van der Waals surface area contributed by atoms with E-state index in [-0.39, 0.29) is 18.4 Å². The second kappa shape index (κ2) is 6.43. The lowest BCUT2D eigenvalue weighted by Gasteiger charge is -2.22. The minimum atomic E-state index is -0.693. The van der Waals surface area contributed by atoms with Crippen molar-refractivity contribution in [2.24, 2.45) is 0 Å². The van der Waals surface area contributed by atoms with Crippen LogP contribution in [-0.4, -0.2) is 29.5 Å². The lowest BCUT2D eigenvalue weighted by Crippen LogP contribution is -2.44. The molecular formula is C16H20N2O3. The number of hydrogen-bond donors (Lipinski definition) is 2. The summed E-state index contributed by atoms with van der Waals surface area (Å²) in [6.45, 7) is 5.34. The fourth-order valence-electron chi connectivity index (χ4n) is 2.49. The quantitative estimate of drug-likeness (QED) is 0.830. The molecule has 2 aromatic rings. The molecule has 2 N–H and O–H groups in total. The largest absolute Gasteiger partial charge is 0.464 e. The van der Waals surface area contributed by atoms with Gasteiger partial charge in [-0.3, -0.25) is 4.79 Å². The molecule has 0 bridgehead atoms. The molecule has 0 aliphatic rings. The Hall–Kier alpha value is -2.30. The first-order valence-electron chi connectivity index (χ1n) is 7.04. The van der Waals surface area contributed by atoms with Gasteiger partial charge in [-0.2, -0.15) is 0 Å². The van der Waals surface area contributed by atoms with Crippen LogP contribution in [0.3, 0.4) is 0 Å². The van der Waals surface area contributed by atoms with Crippen molar-refractivity contribution in [3.05, 3.63) is 36.0 Å². The van der Waals surface area contributed by atoms with Gasteiger partial charge in [0, 0.05) is 29.9 Å². The Kier molecular flexibility index (Phi) is 4.62. The zero-order valence-corrected chi connectivity index (χ0v) is 12.5. The summed E-state index contributed by atoms with van der Waals surface area (Å²) >= 11 is 0. The van der Waals surface area contributed by atoms with Gasteiger partial charge in [0.25, 0.3) is 0 Å². The zero-order chi connectivity index (χ0) is 15.4. The smallest absolute Gasteiger partial charge is 0.329 e. The molecule has 0 aliphatic carbocycles. The van der Waals surface area contributed by atoms with Crippen molar-refractivity contribution in [2.45, 2.75) is 32.7 Å². The average Bonchev–Trinajstić information content (AvgIpc) is 2.88.